The smallest absolute Gasteiger partial charge is 0.804 e. The second-order valence-electron chi connectivity index (χ2n) is 0.192. The fourth-order valence-electron chi connectivity index (χ4n) is 0. The quantitative estimate of drug-likeness (QED) is 0.332. The van der Waals surface area contributed by atoms with E-state index >= 15 is 0 Å². The van der Waals surface area contributed by atoms with E-state index in [1.54, 1.807) is 0 Å². The Morgan fingerprint density at radius 3 is 1.00 bits per heavy atom. The third kappa shape index (κ3) is 174. The normalized spacial score (nSPS) is 8.29. The van der Waals surface area contributed by atoms with E-state index in [1.807, 2.05) is 0 Å². The van der Waals surface area contributed by atoms with Crippen LogP contribution < -0.4 is 9.79 Å². The number of hydrogen-bond donors (Lipinski definition) is 0. The van der Waals surface area contributed by atoms with Gasteiger partial charge in [-0.3, -0.25) is 0 Å². The SMILES string of the molecule is O=[PH2][O-].O=[PH2][O-].[Zn+2]. The van der Waals surface area contributed by atoms with Gasteiger partial charge in [-0.25, -0.2) is 0 Å². The van der Waals surface area contributed by atoms with Gasteiger partial charge in [-0.2, -0.15) is 0 Å². The number of rotatable bonds is 0. The average molecular weight is 195 g/mol. The fourth-order valence-corrected chi connectivity index (χ4v) is 0. The molecule has 0 aromatic carbocycles. The molecule has 0 heterocycles. The van der Waals surface area contributed by atoms with Gasteiger partial charge in [-0.1, -0.05) is 0 Å². The van der Waals surface area contributed by atoms with E-state index in [0.717, 1.165) is 0 Å². The maximum Gasteiger partial charge on any atom is 2.00 e. The summed E-state index contributed by atoms with van der Waals surface area (Å²) >= 11 is 0. The first-order valence-corrected chi connectivity index (χ1v) is 2.83. The Bertz CT molecular complexity index is 30.7. The van der Waals surface area contributed by atoms with E-state index in [2.05, 4.69) is 0 Å². The minimum atomic E-state index is -1.75. The van der Waals surface area contributed by atoms with E-state index in [4.69, 9.17) is 18.9 Å². The van der Waals surface area contributed by atoms with Gasteiger partial charge >= 0.3 is 19.5 Å². The molecule has 0 amide bonds. The van der Waals surface area contributed by atoms with Gasteiger partial charge in [0.1, 0.15) is 0 Å². The summed E-state index contributed by atoms with van der Waals surface area (Å²) in [5.74, 6) is 0. The Labute approximate surface area is 56.3 Å². The van der Waals surface area contributed by atoms with Crippen LogP contribution in [-0.2, 0) is 28.6 Å². The summed E-state index contributed by atoms with van der Waals surface area (Å²) in [6.07, 6.45) is 0. The molecule has 0 aromatic rings. The molecule has 2 unspecified atom stereocenters. The second-order valence-corrected chi connectivity index (χ2v) is 0.577. The van der Waals surface area contributed by atoms with Crippen molar-refractivity contribution in [3.63, 3.8) is 0 Å². The molecule has 0 aliphatic carbocycles. The summed E-state index contributed by atoms with van der Waals surface area (Å²) in [5, 5.41) is 0. The average Bonchev–Trinajstić information content (AvgIpc) is 1.39. The molecule has 7 heteroatoms. The molecule has 0 aliphatic rings. The fraction of sp³-hybridized carbons (Fsp3) is 0. The largest absolute Gasteiger partial charge is 2.00 e. The molecule has 4 nitrogen and oxygen atoms in total. The molecule has 0 N–H and O–H groups in total. The van der Waals surface area contributed by atoms with Crippen molar-refractivity contribution in [1.29, 1.82) is 0 Å². The topological polar surface area (TPSA) is 80.3 Å². The molecule has 0 saturated carbocycles. The van der Waals surface area contributed by atoms with Gasteiger partial charge in [0.25, 0.3) is 0 Å². The van der Waals surface area contributed by atoms with Crippen LogP contribution in [0, 0.1) is 0 Å². The second kappa shape index (κ2) is 28.0. The minimum Gasteiger partial charge on any atom is -0.804 e. The van der Waals surface area contributed by atoms with Crippen LogP contribution in [0.4, 0.5) is 0 Å². The third-order valence-electron chi connectivity index (χ3n) is 0. The van der Waals surface area contributed by atoms with Crippen LogP contribution in [0.1, 0.15) is 0 Å². The van der Waals surface area contributed by atoms with Crippen molar-refractivity contribution >= 4 is 17.4 Å². The maximum absolute atomic E-state index is 8.46. The van der Waals surface area contributed by atoms with Crippen molar-refractivity contribution in [1.82, 2.24) is 0 Å². The van der Waals surface area contributed by atoms with Gasteiger partial charge in [-0.05, 0) is 17.4 Å². The molecule has 0 aliphatic heterocycles. The standard InChI is InChI=1S/2H3O2P.Zn/c2*1-3-2;/h2*3H2,(H,1,2);/q;;+2/p-2. The number of hydrogen-bond acceptors (Lipinski definition) is 4. The van der Waals surface area contributed by atoms with Gasteiger partial charge in [0, 0.05) is 0 Å². The first-order chi connectivity index (χ1) is 2.83. The van der Waals surface area contributed by atoms with E-state index in [0.29, 0.717) is 0 Å². The Morgan fingerprint density at radius 1 is 1.00 bits per heavy atom. The molecule has 0 bridgehead atoms. The van der Waals surface area contributed by atoms with Crippen molar-refractivity contribution in [2.75, 3.05) is 0 Å². The predicted molar refractivity (Wildman–Crippen MR) is 20.8 cm³/mol. The van der Waals surface area contributed by atoms with Crippen molar-refractivity contribution < 1.29 is 38.4 Å². The summed E-state index contributed by atoms with van der Waals surface area (Å²) in [5.41, 5.74) is 0. The summed E-state index contributed by atoms with van der Waals surface area (Å²) in [6, 6.07) is 0. The molecule has 0 radical (unpaired) electrons. The van der Waals surface area contributed by atoms with Crippen molar-refractivity contribution in [2.45, 2.75) is 0 Å². The Kier molecular flexibility index (Phi) is 62.7. The Morgan fingerprint density at radius 2 is 1.00 bits per heavy atom. The summed E-state index contributed by atoms with van der Waals surface area (Å²) in [6.45, 7) is 0. The van der Waals surface area contributed by atoms with Crippen molar-refractivity contribution in [2.24, 2.45) is 0 Å². The van der Waals surface area contributed by atoms with E-state index in [1.165, 1.54) is 0 Å². The van der Waals surface area contributed by atoms with Gasteiger partial charge in [-0.15, -0.1) is 0 Å². The first-order valence-electron chi connectivity index (χ1n) is 0.943. The monoisotopic (exact) mass is 194 g/mol. The van der Waals surface area contributed by atoms with Gasteiger partial charge < -0.3 is 18.9 Å². The van der Waals surface area contributed by atoms with Crippen molar-refractivity contribution in [3.8, 4) is 0 Å². The molecular weight excluding hydrogens is 191 g/mol. The molecule has 7 heavy (non-hydrogen) atoms. The maximum atomic E-state index is 8.46. The zero-order valence-electron chi connectivity index (χ0n) is 3.49. The van der Waals surface area contributed by atoms with Crippen LogP contribution in [0.15, 0.2) is 0 Å². The van der Waals surface area contributed by atoms with Gasteiger partial charge in [0.15, 0.2) is 0 Å². The third-order valence-corrected chi connectivity index (χ3v) is 0. The van der Waals surface area contributed by atoms with E-state index < -0.39 is 17.4 Å². The van der Waals surface area contributed by atoms with Crippen LogP contribution in [-0.4, -0.2) is 0 Å². The van der Waals surface area contributed by atoms with Crippen LogP contribution >= 0.6 is 17.4 Å². The minimum absolute atomic E-state index is 0. The zero-order valence-corrected chi connectivity index (χ0v) is 8.77. The molecule has 40 valence electrons. The molecule has 0 saturated heterocycles. The summed E-state index contributed by atoms with van der Waals surface area (Å²) in [4.78, 5) is 16.9. The molecule has 0 fully saturated rings. The van der Waals surface area contributed by atoms with Crippen LogP contribution in [0.5, 0.6) is 0 Å². The Hall–Kier alpha value is 1.00. The zero-order chi connectivity index (χ0) is 5.41. The Balaban J connectivity index is -0.0000000400. The molecule has 0 rings (SSSR count). The van der Waals surface area contributed by atoms with Crippen LogP contribution in [0.25, 0.3) is 0 Å². The van der Waals surface area contributed by atoms with Crippen LogP contribution in [0.2, 0.25) is 0 Å². The molecule has 0 aromatic heterocycles. The van der Waals surface area contributed by atoms with Crippen LogP contribution in [0.3, 0.4) is 0 Å². The van der Waals surface area contributed by atoms with Gasteiger partial charge in [0.2, 0.25) is 0 Å². The molecule has 2 atom stereocenters. The van der Waals surface area contributed by atoms with E-state index in [9.17, 15) is 0 Å². The van der Waals surface area contributed by atoms with Crippen molar-refractivity contribution in [3.05, 3.63) is 0 Å². The van der Waals surface area contributed by atoms with E-state index in [-0.39, 0.29) is 19.5 Å². The molecular formula is H4O4P2Zn. The predicted octanol–water partition coefficient (Wildman–Crippen LogP) is -1.97. The summed E-state index contributed by atoms with van der Waals surface area (Å²) < 4.78 is 16.9. The van der Waals surface area contributed by atoms with Gasteiger partial charge in [0.05, 0.1) is 0 Å². The summed E-state index contributed by atoms with van der Waals surface area (Å²) in [7, 11) is -3.50. The molecule has 0 spiro atoms. The first kappa shape index (κ1) is 15.7.